The molecule has 1 amide bonds. The quantitative estimate of drug-likeness (QED) is 0.782. The molecule has 1 heterocycles. The number of likely N-dealkylation sites (N-methyl/N-ethyl adjacent to an activating group) is 1. The predicted molar refractivity (Wildman–Crippen MR) is 55.2 cm³/mol. The van der Waals surface area contributed by atoms with E-state index in [2.05, 4.69) is 10.2 Å². The number of amides is 1. The third kappa shape index (κ3) is 2.15. The number of rotatable bonds is 2. The van der Waals surface area contributed by atoms with E-state index in [1.807, 2.05) is 7.05 Å². The summed E-state index contributed by atoms with van der Waals surface area (Å²) in [5.74, 6) is -0.797. The zero-order valence-electron chi connectivity index (χ0n) is 8.53. The molecule has 0 aromatic heterocycles. The number of halogens is 1. The summed E-state index contributed by atoms with van der Waals surface area (Å²) < 4.78 is 13.2. The van der Waals surface area contributed by atoms with Crippen molar-refractivity contribution in [1.29, 1.82) is 0 Å². The fraction of sp³-hybridized carbons (Fsp3) is 0.364. The van der Waals surface area contributed by atoms with Gasteiger partial charge < -0.3 is 10.2 Å². The Labute approximate surface area is 87.9 Å². The molecule has 0 bridgehead atoms. The van der Waals surface area contributed by atoms with Crippen LogP contribution in [0.4, 0.5) is 4.39 Å². The Kier molecular flexibility index (Phi) is 2.68. The lowest BCUT2D eigenvalue weighted by Crippen LogP contribution is -2.57. The Morgan fingerprint density at radius 3 is 2.73 bits per heavy atom. The van der Waals surface area contributed by atoms with Gasteiger partial charge in [-0.2, -0.15) is 0 Å². The second kappa shape index (κ2) is 3.98. The molecule has 1 aromatic carbocycles. The molecule has 1 N–H and O–H groups in total. The molecule has 1 fully saturated rings. The van der Waals surface area contributed by atoms with E-state index in [0.29, 0.717) is 0 Å². The molecule has 0 saturated carbocycles. The molecule has 1 aliphatic heterocycles. The van der Waals surface area contributed by atoms with Crippen LogP contribution in [0.3, 0.4) is 0 Å². The Morgan fingerprint density at radius 2 is 2.13 bits per heavy atom. The molecule has 0 aliphatic carbocycles. The summed E-state index contributed by atoms with van der Waals surface area (Å²) in [6, 6.07) is 6.17. The molecule has 1 aromatic rings. The van der Waals surface area contributed by atoms with Crippen molar-refractivity contribution in [3.05, 3.63) is 35.6 Å². The standard InChI is InChI=1S/C11H13FN2O/c1-14-6-8(7-14)13-11(15)9-4-2-3-5-10(9)12/h2-5,8H,6-7H2,1H3,(H,13,15). The van der Waals surface area contributed by atoms with Gasteiger partial charge in [-0.25, -0.2) is 4.39 Å². The van der Waals surface area contributed by atoms with E-state index in [1.165, 1.54) is 12.1 Å². The third-order valence-electron chi connectivity index (χ3n) is 2.52. The Balaban J connectivity index is 1.99. The highest BCUT2D eigenvalue weighted by molar-refractivity contribution is 5.94. The van der Waals surface area contributed by atoms with Crippen LogP contribution in [0.25, 0.3) is 0 Å². The number of carbonyl (C=O) groups excluding carboxylic acids is 1. The molecule has 15 heavy (non-hydrogen) atoms. The molecule has 3 nitrogen and oxygen atoms in total. The summed E-state index contributed by atoms with van der Waals surface area (Å²) in [6.07, 6.45) is 0. The second-order valence-electron chi connectivity index (χ2n) is 3.87. The summed E-state index contributed by atoms with van der Waals surface area (Å²) in [4.78, 5) is 13.7. The Morgan fingerprint density at radius 1 is 1.47 bits per heavy atom. The van der Waals surface area contributed by atoms with E-state index >= 15 is 0 Å². The third-order valence-corrected chi connectivity index (χ3v) is 2.52. The largest absolute Gasteiger partial charge is 0.347 e. The Bertz CT molecular complexity index is 375. The van der Waals surface area contributed by atoms with Gasteiger partial charge in [0, 0.05) is 13.1 Å². The zero-order valence-corrected chi connectivity index (χ0v) is 8.53. The summed E-state index contributed by atoms with van der Waals surface area (Å²) in [6.45, 7) is 1.67. The first-order valence-corrected chi connectivity index (χ1v) is 4.91. The maximum absolute atomic E-state index is 13.2. The minimum absolute atomic E-state index is 0.118. The minimum Gasteiger partial charge on any atom is -0.347 e. The highest BCUT2D eigenvalue weighted by Gasteiger charge is 2.25. The van der Waals surface area contributed by atoms with E-state index in [4.69, 9.17) is 0 Å². The van der Waals surface area contributed by atoms with Crippen LogP contribution in [-0.2, 0) is 0 Å². The van der Waals surface area contributed by atoms with Gasteiger partial charge >= 0.3 is 0 Å². The summed E-state index contributed by atoms with van der Waals surface area (Å²) in [5, 5.41) is 2.78. The van der Waals surface area contributed by atoms with E-state index in [9.17, 15) is 9.18 Å². The molecule has 1 aliphatic rings. The van der Waals surface area contributed by atoms with Gasteiger partial charge in [-0.1, -0.05) is 12.1 Å². The van der Waals surface area contributed by atoms with Gasteiger partial charge in [0.2, 0.25) is 0 Å². The molecule has 80 valence electrons. The average molecular weight is 208 g/mol. The van der Waals surface area contributed by atoms with E-state index in [1.54, 1.807) is 12.1 Å². The maximum Gasteiger partial charge on any atom is 0.254 e. The first-order valence-electron chi connectivity index (χ1n) is 4.91. The van der Waals surface area contributed by atoms with Crippen LogP contribution in [-0.4, -0.2) is 37.0 Å². The smallest absolute Gasteiger partial charge is 0.254 e. The van der Waals surface area contributed by atoms with Crippen LogP contribution >= 0.6 is 0 Å². The van der Waals surface area contributed by atoms with Crippen LogP contribution in [0.5, 0.6) is 0 Å². The fourth-order valence-electron chi connectivity index (χ4n) is 1.70. The van der Waals surface area contributed by atoms with Crippen molar-refractivity contribution in [2.75, 3.05) is 20.1 Å². The molecular weight excluding hydrogens is 195 g/mol. The van der Waals surface area contributed by atoms with Gasteiger partial charge in [-0.05, 0) is 19.2 Å². The number of benzene rings is 1. The van der Waals surface area contributed by atoms with E-state index in [-0.39, 0.29) is 17.5 Å². The molecule has 0 radical (unpaired) electrons. The monoisotopic (exact) mass is 208 g/mol. The number of likely N-dealkylation sites (tertiary alicyclic amines) is 1. The van der Waals surface area contributed by atoms with Gasteiger partial charge in [0.1, 0.15) is 5.82 Å². The van der Waals surface area contributed by atoms with Gasteiger partial charge in [0.15, 0.2) is 0 Å². The van der Waals surface area contributed by atoms with Crippen LogP contribution in [0, 0.1) is 5.82 Å². The summed E-state index contributed by atoms with van der Waals surface area (Å²) >= 11 is 0. The SMILES string of the molecule is CN1CC(NC(=O)c2ccccc2F)C1. The van der Waals surface area contributed by atoms with Crippen LogP contribution in [0.2, 0.25) is 0 Å². The van der Waals surface area contributed by atoms with Crippen molar-refractivity contribution < 1.29 is 9.18 Å². The number of nitrogens with one attached hydrogen (secondary N) is 1. The number of nitrogens with zero attached hydrogens (tertiary/aromatic N) is 1. The van der Waals surface area contributed by atoms with Crippen LogP contribution < -0.4 is 5.32 Å². The lowest BCUT2D eigenvalue weighted by Gasteiger charge is -2.36. The topological polar surface area (TPSA) is 32.3 Å². The van der Waals surface area contributed by atoms with Gasteiger partial charge in [-0.15, -0.1) is 0 Å². The van der Waals surface area contributed by atoms with Gasteiger partial charge in [0.05, 0.1) is 11.6 Å². The van der Waals surface area contributed by atoms with Crippen molar-refractivity contribution in [1.82, 2.24) is 10.2 Å². The first-order chi connectivity index (χ1) is 7.16. The average Bonchev–Trinajstić information content (AvgIpc) is 2.16. The molecule has 1 saturated heterocycles. The number of carbonyl (C=O) groups is 1. The highest BCUT2D eigenvalue weighted by Crippen LogP contribution is 2.09. The fourth-order valence-corrected chi connectivity index (χ4v) is 1.70. The van der Waals surface area contributed by atoms with Gasteiger partial charge in [-0.3, -0.25) is 4.79 Å². The summed E-state index contributed by atoms with van der Waals surface area (Å²) in [7, 11) is 1.98. The van der Waals surface area contributed by atoms with Crippen molar-refractivity contribution in [3.8, 4) is 0 Å². The lowest BCUT2D eigenvalue weighted by molar-refractivity contribution is 0.0854. The summed E-state index contributed by atoms with van der Waals surface area (Å²) in [5.41, 5.74) is 0.118. The predicted octanol–water partition coefficient (Wildman–Crippen LogP) is 0.869. The highest BCUT2D eigenvalue weighted by atomic mass is 19.1. The van der Waals surface area contributed by atoms with Crippen LogP contribution in [0.15, 0.2) is 24.3 Å². The number of hydrogen-bond acceptors (Lipinski definition) is 2. The molecule has 2 rings (SSSR count). The van der Waals surface area contributed by atoms with E-state index in [0.717, 1.165) is 13.1 Å². The van der Waals surface area contributed by atoms with Crippen molar-refractivity contribution in [2.24, 2.45) is 0 Å². The second-order valence-corrected chi connectivity index (χ2v) is 3.87. The number of hydrogen-bond donors (Lipinski definition) is 1. The molecule has 0 spiro atoms. The maximum atomic E-state index is 13.2. The van der Waals surface area contributed by atoms with Gasteiger partial charge in [0.25, 0.3) is 5.91 Å². The molecule has 0 unspecified atom stereocenters. The van der Waals surface area contributed by atoms with Crippen molar-refractivity contribution in [2.45, 2.75) is 6.04 Å². The van der Waals surface area contributed by atoms with E-state index < -0.39 is 5.82 Å². The van der Waals surface area contributed by atoms with Crippen molar-refractivity contribution in [3.63, 3.8) is 0 Å². The molecule has 0 atom stereocenters. The zero-order chi connectivity index (χ0) is 10.8. The molecule has 4 heteroatoms. The van der Waals surface area contributed by atoms with Crippen LogP contribution in [0.1, 0.15) is 10.4 Å². The minimum atomic E-state index is -0.470. The van der Waals surface area contributed by atoms with Crippen molar-refractivity contribution >= 4 is 5.91 Å². The Hall–Kier alpha value is -1.42. The normalized spacial score (nSPS) is 17.2. The first kappa shape index (κ1) is 10.1. The molecular formula is C11H13FN2O. The lowest BCUT2D eigenvalue weighted by atomic mass is 10.1.